The van der Waals surface area contributed by atoms with E-state index in [1.54, 1.807) is 0 Å². The summed E-state index contributed by atoms with van der Waals surface area (Å²) in [4.78, 5) is 9.45. The van der Waals surface area contributed by atoms with Crippen molar-refractivity contribution in [1.82, 2.24) is 0 Å². The smallest absolute Gasteiger partial charge is 0.197 e. The Morgan fingerprint density at radius 3 is 2.28 bits per heavy atom. The summed E-state index contributed by atoms with van der Waals surface area (Å²) in [5.41, 5.74) is 0.291. The molecule has 2 rings (SSSR count). The third kappa shape index (κ3) is 9.05. The van der Waals surface area contributed by atoms with E-state index in [2.05, 4.69) is 52.9 Å². The van der Waals surface area contributed by atoms with Crippen LogP contribution in [0.15, 0.2) is 12.2 Å². The number of rotatable bonds is 15. The molecule has 36 heavy (non-hydrogen) atoms. The zero-order chi connectivity index (χ0) is 27.2. The molecule has 0 radical (unpaired) electrons. The average Bonchev–Trinajstić information content (AvgIpc) is 2.97. The number of aliphatic hydroxyl groups excluding tert-OH is 2. The molecule has 212 valence electrons. The minimum atomic E-state index is -2.91. The van der Waals surface area contributed by atoms with E-state index in [4.69, 9.17) is 4.43 Å². The monoisotopic (exact) mass is 544 g/mol. The summed E-state index contributed by atoms with van der Waals surface area (Å²) >= 11 is 0. The van der Waals surface area contributed by atoms with Gasteiger partial charge in [-0.25, -0.2) is 0 Å². The molecule has 6 atom stereocenters. The fourth-order valence-corrected chi connectivity index (χ4v) is 8.31. The lowest BCUT2D eigenvalue weighted by atomic mass is 9.62. The van der Waals surface area contributed by atoms with Crippen LogP contribution < -0.4 is 0 Å². The number of unbranched alkanes of at least 4 members (excludes halogenated alkanes) is 3. The minimum absolute atomic E-state index is 0.00895. The maximum Gasteiger partial charge on any atom is 0.197 e. The van der Waals surface area contributed by atoms with Gasteiger partial charge in [-0.15, -0.1) is 0 Å². The molecule has 7 heteroatoms. The van der Waals surface area contributed by atoms with E-state index in [1.807, 2.05) is 0 Å². The first-order chi connectivity index (χ1) is 16.6. The van der Waals surface area contributed by atoms with Crippen LogP contribution in [0.1, 0.15) is 105 Å². The number of hydrogen-bond acceptors (Lipinski definition) is 4. The summed E-state index contributed by atoms with van der Waals surface area (Å²) in [5, 5.41) is 21.6. The van der Waals surface area contributed by atoms with E-state index in [9.17, 15) is 19.7 Å². The molecule has 3 N–H and O–H groups in total. The van der Waals surface area contributed by atoms with E-state index < -0.39 is 27.9 Å². The zero-order valence-electron chi connectivity index (χ0n) is 24.3. The highest BCUT2D eigenvalue weighted by Crippen LogP contribution is 2.52. The molecule has 2 aliphatic rings. The summed E-state index contributed by atoms with van der Waals surface area (Å²) in [7, 11) is -4.82. The van der Waals surface area contributed by atoms with Crippen LogP contribution in [0.25, 0.3) is 0 Å². The Morgan fingerprint density at radius 1 is 1.11 bits per heavy atom. The Bertz CT molecular complexity index is 736. The molecule has 2 aliphatic carbocycles. The van der Waals surface area contributed by atoms with Gasteiger partial charge in [0.05, 0.1) is 18.3 Å². The van der Waals surface area contributed by atoms with E-state index in [-0.39, 0.29) is 23.0 Å². The van der Waals surface area contributed by atoms with E-state index in [0.717, 1.165) is 38.5 Å². The largest absolute Gasteiger partial charge is 0.413 e. The van der Waals surface area contributed by atoms with Crippen LogP contribution in [0.2, 0.25) is 18.1 Å². The molecule has 0 saturated heterocycles. The zero-order valence-corrected chi connectivity index (χ0v) is 26.2. The maximum atomic E-state index is 11.5. The Morgan fingerprint density at radius 2 is 1.75 bits per heavy atom. The highest BCUT2D eigenvalue weighted by molar-refractivity contribution is 7.57. The van der Waals surface area contributed by atoms with Crippen molar-refractivity contribution in [2.75, 3.05) is 12.8 Å². The lowest BCUT2D eigenvalue weighted by molar-refractivity contribution is -0.0314. The highest BCUT2D eigenvalue weighted by Gasteiger charge is 2.48. The SMILES string of the molecule is CCCC1(C(CC=C[C@H]2[C@H](O)CC(O)[C@@H]2CCCCCCP(C)(=O)O)O[Si](C)(C)C(C)(C)C)CCC1. The van der Waals surface area contributed by atoms with Crippen LogP contribution >= 0.6 is 7.37 Å². The van der Waals surface area contributed by atoms with Gasteiger partial charge < -0.3 is 19.5 Å². The van der Waals surface area contributed by atoms with Gasteiger partial charge in [0.2, 0.25) is 0 Å². The van der Waals surface area contributed by atoms with E-state index >= 15 is 0 Å². The van der Waals surface area contributed by atoms with Crippen LogP contribution in [0, 0.1) is 17.3 Å². The first-order valence-electron chi connectivity index (χ1n) is 14.6. The van der Waals surface area contributed by atoms with Crippen LogP contribution in [0.5, 0.6) is 0 Å². The molecule has 0 spiro atoms. The van der Waals surface area contributed by atoms with Gasteiger partial charge in [-0.05, 0) is 68.0 Å². The van der Waals surface area contributed by atoms with Gasteiger partial charge in [0.25, 0.3) is 0 Å². The molecule has 0 aliphatic heterocycles. The maximum absolute atomic E-state index is 11.5. The van der Waals surface area contributed by atoms with Gasteiger partial charge in [0.15, 0.2) is 15.7 Å². The van der Waals surface area contributed by atoms with Gasteiger partial charge in [-0.2, -0.15) is 0 Å². The molecule has 3 unspecified atom stereocenters. The summed E-state index contributed by atoms with van der Waals surface area (Å²) in [5.74, 6) is 0.0739. The Balaban J connectivity index is 2.02. The van der Waals surface area contributed by atoms with Crippen LogP contribution in [0.4, 0.5) is 0 Å². The predicted molar refractivity (Wildman–Crippen MR) is 154 cm³/mol. The lowest BCUT2D eigenvalue weighted by Gasteiger charge is -2.51. The van der Waals surface area contributed by atoms with Crippen molar-refractivity contribution in [2.24, 2.45) is 17.3 Å². The van der Waals surface area contributed by atoms with Crippen molar-refractivity contribution in [2.45, 2.75) is 141 Å². The minimum Gasteiger partial charge on any atom is -0.413 e. The fourth-order valence-electron chi connectivity index (χ4n) is 6.09. The highest BCUT2D eigenvalue weighted by atomic mass is 31.2. The summed E-state index contributed by atoms with van der Waals surface area (Å²) in [6.45, 7) is 15.4. The van der Waals surface area contributed by atoms with Gasteiger partial charge in [-0.3, -0.25) is 4.57 Å². The Kier molecular flexibility index (Phi) is 12.0. The summed E-state index contributed by atoms with van der Waals surface area (Å²) < 4.78 is 18.5. The van der Waals surface area contributed by atoms with Gasteiger partial charge in [-0.1, -0.05) is 72.0 Å². The van der Waals surface area contributed by atoms with Gasteiger partial charge in [0.1, 0.15) is 0 Å². The van der Waals surface area contributed by atoms with Crippen molar-refractivity contribution in [3.8, 4) is 0 Å². The molecular weight excluding hydrogens is 487 g/mol. The molecule has 0 heterocycles. The van der Waals surface area contributed by atoms with Crippen molar-refractivity contribution >= 4 is 15.7 Å². The standard InChI is InChI=1S/C29H57O5PSi/c1-8-18-29(19-14-20-29)27(34-36(6,7)28(2,3)4)17-13-16-24-23(25(30)22-26(24)31)15-11-9-10-12-21-35(5,32)33/h13,16,23-27,30-31H,8-12,14-15,17-22H2,1-7H3,(H,32,33)/t23-,24-,25?,26-,27?/m1/s1. The van der Waals surface area contributed by atoms with Gasteiger partial charge in [0, 0.05) is 25.2 Å². The van der Waals surface area contributed by atoms with Crippen molar-refractivity contribution < 1.29 is 24.1 Å². The number of aliphatic hydroxyl groups is 2. The topological polar surface area (TPSA) is 87.0 Å². The second-order valence-electron chi connectivity index (χ2n) is 13.6. The van der Waals surface area contributed by atoms with Crippen LogP contribution in [-0.2, 0) is 8.99 Å². The summed E-state index contributed by atoms with van der Waals surface area (Å²) in [6, 6.07) is 0. The second kappa shape index (κ2) is 13.4. The third-order valence-corrected chi connectivity index (χ3v) is 15.1. The molecule has 5 nitrogen and oxygen atoms in total. The van der Waals surface area contributed by atoms with E-state index in [1.165, 1.54) is 38.8 Å². The average molecular weight is 545 g/mol. The number of hydrogen-bond donors (Lipinski definition) is 3. The molecule has 0 aromatic heterocycles. The van der Waals surface area contributed by atoms with E-state index in [0.29, 0.717) is 18.0 Å². The molecule has 0 bridgehead atoms. The van der Waals surface area contributed by atoms with Crippen molar-refractivity contribution in [3.63, 3.8) is 0 Å². The predicted octanol–water partition coefficient (Wildman–Crippen LogP) is 7.50. The quantitative estimate of drug-likeness (QED) is 0.0860. The normalized spacial score (nSPS) is 29.3. The molecule has 0 aromatic rings. The van der Waals surface area contributed by atoms with Crippen molar-refractivity contribution in [1.29, 1.82) is 0 Å². The molecular formula is C29H57O5PSi. The van der Waals surface area contributed by atoms with Crippen molar-refractivity contribution in [3.05, 3.63) is 12.2 Å². The molecule has 0 aromatic carbocycles. The fraction of sp³-hybridized carbons (Fsp3) is 0.931. The Hall–Kier alpha value is 0.0269. The van der Waals surface area contributed by atoms with Crippen LogP contribution in [0.3, 0.4) is 0 Å². The molecule has 2 fully saturated rings. The Labute approximate surface area is 223 Å². The second-order valence-corrected chi connectivity index (χ2v) is 20.9. The van der Waals surface area contributed by atoms with Crippen LogP contribution in [-0.4, -0.2) is 54.6 Å². The molecule has 2 saturated carbocycles. The third-order valence-electron chi connectivity index (χ3n) is 9.51. The molecule has 0 amide bonds. The van der Waals surface area contributed by atoms with Gasteiger partial charge >= 0.3 is 0 Å². The first-order valence-corrected chi connectivity index (χ1v) is 19.8. The summed E-state index contributed by atoms with van der Waals surface area (Å²) in [6.07, 6.45) is 16.2. The lowest BCUT2D eigenvalue weighted by Crippen LogP contribution is -2.51. The first kappa shape index (κ1) is 32.2.